The van der Waals surface area contributed by atoms with Crippen LogP contribution >= 0.6 is 0 Å². The summed E-state index contributed by atoms with van der Waals surface area (Å²) in [7, 11) is 0. The number of rotatable bonds is 4. The summed E-state index contributed by atoms with van der Waals surface area (Å²) in [6.45, 7) is 7.65. The van der Waals surface area contributed by atoms with Crippen LogP contribution in [0.3, 0.4) is 0 Å². The molecule has 1 heterocycles. The first-order chi connectivity index (χ1) is 10.3. The maximum absolute atomic E-state index is 14.3. The zero-order valence-corrected chi connectivity index (χ0v) is 13.6. The lowest BCUT2D eigenvalue weighted by Crippen LogP contribution is -2.51. The van der Waals surface area contributed by atoms with Crippen LogP contribution in [0.5, 0.6) is 0 Å². The molecule has 0 spiro atoms. The summed E-state index contributed by atoms with van der Waals surface area (Å²) in [5.74, 6) is -3.15. The van der Waals surface area contributed by atoms with Gasteiger partial charge in [-0.2, -0.15) is 0 Å². The molecule has 0 saturated carbocycles. The average Bonchev–Trinajstić information content (AvgIpc) is 2.48. The fourth-order valence-corrected chi connectivity index (χ4v) is 2.91. The number of hydrogen-bond acceptors (Lipinski definition) is 3. The summed E-state index contributed by atoms with van der Waals surface area (Å²) in [6, 6.07) is 6.30. The molecule has 5 heteroatoms. The fraction of sp³-hybridized carbons (Fsp3) is 0.647. The third-order valence-corrected chi connectivity index (χ3v) is 4.22. The van der Waals surface area contributed by atoms with Crippen molar-refractivity contribution in [1.82, 2.24) is 10.2 Å². The van der Waals surface area contributed by atoms with Gasteiger partial charge in [0.1, 0.15) is 12.6 Å². The highest BCUT2D eigenvalue weighted by molar-refractivity contribution is 5.30. The van der Waals surface area contributed by atoms with Crippen LogP contribution in [-0.4, -0.2) is 48.7 Å². The largest absolute Gasteiger partial charge is 0.390 e. The Hall–Kier alpha value is -1.04. The summed E-state index contributed by atoms with van der Waals surface area (Å²) < 4.78 is 28.6. The van der Waals surface area contributed by atoms with Crippen molar-refractivity contribution in [2.24, 2.45) is 0 Å². The third-order valence-electron chi connectivity index (χ3n) is 4.22. The first-order valence-corrected chi connectivity index (χ1v) is 7.79. The number of aliphatic hydroxyl groups is 1. The number of nitrogens with one attached hydrogen (secondary N) is 1. The number of piperazine rings is 1. The molecule has 1 fully saturated rings. The van der Waals surface area contributed by atoms with E-state index in [-0.39, 0.29) is 5.41 Å². The van der Waals surface area contributed by atoms with E-state index >= 15 is 0 Å². The molecular weight excluding hydrogens is 286 g/mol. The highest BCUT2D eigenvalue weighted by atomic mass is 19.3. The second kappa shape index (κ2) is 6.60. The van der Waals surface area contributed by atoms with Gasteiger partial charge in [-0.25, -0.2) is 8.78 Å². The second-order valence-electron chi connectivity index (χ2n) is 6.98. The number of alkyl halides is 2. The van der Waals surface area contributed by atoms with Crippen molar-refractivity contribution in [2.45, 2.75) is 38.2 Å². The van der Waals surface area contributed by atoms with Crippen molar-refractivity contribution >= 4 is 0 Å². The number of hydrogen-bond donors (Lipinski definition) is 2. The van der Waals surface area contributed by atoms with Crippen LogP contribution in [0.4, 0.5) is 8.78 Å². The molecule has 0 unspecified atom stereocenters. The molecule has 2 rings (SSSR count). The van der Waals surface area contributed by atoms with E-state index in [1.54, 1.807) is 17.0 Å². The van der Waals surface area contributed by atoms with Crippen molar-refractivity contribution in [3.8, 4) is 0 Å². The van der Waals surface area contributed by atoms with E-state index in [0.717, 1.165) is 5.56 Å². The number of benzene rings is 1. The van der Waals surface area contributed by atoms with E-state index in [0.29, 0.717) is 31.7 Å². The molecular formula is C17H26F2N2O. The van der Waals surface area contributed by atoms with Crippen molar-refractivity contribution in [1.29, 1.82) is 0 Å². The average molecular weight is 312 g/mol. The predicted molar refractivity (Wildman–Crippen MR) is 84.4 cm³/mol. The highest BCUT2D eigenvalue weighted by Crippen LogP contribution is 2.37. The maximum atomic E-state index is 14.3. The van der Waals surface area contributed by atoms with E-state index in [2.05, 4.69) is 26.1 Å². The zero-order chi connectivity index (χ0) is 16.4. The Morgan fingerprint density at radius 1 is 1.14 bits per heavy atom. The summed E-state index contributed by atoms with van der Waals surface area (Å²) in [5.41, 5.74) is 1.67. The Morgan fingerprint density at radius 3 is 2.14 bits per heavy atom. The second-order valence-corrected chi connectivity index (χ2v) is 6.98. The molecule has 0 bridgehead atoms. The van der Waals surface area contributed by atoms with Crippen molar-refractivity contribution in [3.63, 3.8) is 0 Å². The molecule has 3 nitrogen and oxygen atoms in total. The van der Waals surface area contributed by atoms with Crippen LogP contribution in [0.1, 0.15) is 37.9 Å². The first-order valence-electron chi connectivity index (χ1n) is 7.79. The molecule has 1 saturated heterocycles. The molecule has 1 aliphatic heterocycles. The molecule has 1 aromatic carbocycles. The summed E-state index contributed by atoms with van der Waals surface area (Å²) >= 11 is 0. The Morgan fingerprint density at radius 2 is 1.68 bits per heavy atom. The van der Waals surface area contributed by atoms with Gasteiger partial charge in [0.2, 0.25) is 0 Å². The van der Waals surface area contributed by atoms with Crippen LogP contribution in [0.2, 0.25) is 0 Å². The number of aliphatic hydroxyl groups excluding tert-OH is 1. The van der Waals surface area contributed by atoms with Gasteiger partial charge in [0.25, 0.3) is 5.92 Å². The Bertz CT molecular complexity index is 476. The number of halogens is 2. The zero-order valence-electron chi connectivity index (χ0n) is 13.6. The third kappa shape index (κ3) is 3.83. The van der Waals surface area contributed by atoms with Crippen LogP contribution in [-0.2, 0) is 5.41 Å². The van der Waals surface area contributed by atoms with Crippen molar-refractivity contribution in [3.05, 3.63) is 35.4 Å². The quantitative estimate of drug-likeness (QED) is 0.897. The molecule has 0 amide bonds. The van der Waals surface area contributed by atoms with E-state index < -0.39 is 18.6 Å². The monoisotopic (exact) mass is 312 g/mol. The van der Waals surface area contributed by atoms with Gasteiger partial charge in [0, 0.05) is 26.2 Å². The van der Waals surface area contributed by atoms with E-state index in [1.165, 1.54) is 0 Å². The minimum absolute atomic E-state index is 0.0113. The lowest BCUT2D eigenvalue weighted by molar-refractivity contribution is -0.118. The van der Waals surface area contributed by atoms with Crippen LogP contribution in [0.25, 0.3) is 0 Å². The van der Waals surface area contributed by atoms with Gasteiger partial charge < -0.3 is 10.4 Å². The molecule has 1 aromatic rings. The molecule has 1 atom stereocenters. The molecule has 0 aromatic heterocycles. The van der Waals surface area contributed by atoms with Gasteiger partial charge in [-0.15, -0.1) is 0 Å². The lowest BCUT2D eigenvalue weighted by Gasteiger charge is -2.39. The summed E-state index contributed by atoms with van der Waals surface area (Å²) in [4.78, 5) is 1.76. The topological polar surface area (TPSA) is 35.5 Å². The number of nitrogens with zero attached hydrogens (tertiary/aromatic N) is 1. The normalized spacial score (nSPS) is 19.2. The van der Waals surface area contributed by atoms with Crippen molar-refractivity contribution in [2.75, 3.05) is 32.8 Å². The minimum Gasteiger partial charge on any atom is -0.390 e. The highest BCUT2D eigenvalue weighted by Gasteiger charge is 2.44. The summed E-state index contributed by atoms with van der Waals surface area (Å²) in [6.07, 6.45) is 0. The smallest absolute Gasteiger partial charge is 0.289 e. The molecule has 1 aliphatic rings. The van der Waals surface area contributed by atoms with Crippen LogP contribution < -0.4 is 5.32 Å². The Kier molecular flexibility index (Phi) is 5.20. The lowest BCUT2D eigenvalue weighted by atomic mass is 9.85. The van der Waals surface area contributed by atoms with Crippen LogP contribution in [0, 0.1) is 0 Å². The van der Waals surface area contributed by atoms with E-state index in [1.807, 2.05) is 12.1 Å². The van der Waals surface area contributed by atoms with E-state index in [4.69, 9.17) is 5.11 Å². The molecule has 22 heavy (non-hydrogen) atoms. The van der Waals surface area contributed by atoms with Crippen LogP contribution in [0.15, 0.2) is 24.3 Å². The van der Waals surface area contributed by atoms with Gasteiger partial charge in [-0.05, 0) is 16.5 Å². The summed E-state index contributed by atoms with van der Waals surface area (Å²) in [5, 5.41) is 12.3. The molecule has 0 radical (unpaired) electrons. The molecule has 124 valence electrons. The first kappa shape index (κ1) is 17.3. The van der Waals surface area contributed by atoms with Gasteiger partial charge in [0.15, 0.2) is 0 Å². The van der Waals surface area contributed by atoms with Gasteiger partial charge in [-0.1, -0.05) is 45.0 Å². The van der Waals surface area contributed by atoms with Crippen molar-refractivity contribution < 1.29 is 13.9 Å². The molecule has 0 aliphatic carbocycles. The van der Waals surface area contributed by atoms with Gasteiger partial charge >= 0.3 is 0 Å². The Labute approximate surface area is 131 Å². The standard InChI is InChI=1S/C17H26F2N2O/c1-16(2,3)14-6-4-13(5-7-14)15(17(18,19)12-22)21-10-8-20-9-11-21/h4-7,15,20,22H,8-12H2,1-3H3/t15-/m0/s1. The maximum Gasteiger partial charge on any atom is 0.289 e. The SMILES string of the molecule is CC(C)(C)c1ccc([C@H](N2CCNCC2)C(F)(F)CO)cc1. The predicted octanol–water partition coefficient (Wildman–Crippen LogP) is 2.56. The van der Waals surface area contributed by atoms with Gasteiger partial charge in [0.05, 0.1) is 0 Å². The van der Waals surface area contributed by atoms with E-state index in [9.17, 15) is 8.78 Å². The minimum atomic E-state index is -3.15. The van der Waals surface area contributed by atoms with Gasteiger partial charge in [-0.3, -0.25) is 4.90 Å². The molecule has 2 N–H and O–H groups in total. The Balaban J connectivity index is 2.32. The fourth-order valence-electron chi connectivity index (χ4n) is 2.91.